The molecule has 3 N–H and O–H groups in total. The Hall–Kier alpha value is -1.31. The second kappa shape index (κ2) is 6.90. The van der Waals surface area contributed by atoms with Crippen LogP contribution in [0.25, 0.3) is 0 Å². The molecule has 1 aliphatic heterocycles. The number of sulfonamides is 1. The Balaban J connectivity index is 0.00000208. The molecule has 0 bridgehead atoms. The molecule has 1 aliphatic carbocycles. The summed E-state index contributed by atoms with van der Waals surface area (Å²) < 4.78 is 25.7. The molecule has 0 aromatic heterocycles. The van der Waals surface area contributed by atoms with Crippen molar-refractivity contribution in [3.63, 3.8) is 0 Å². The monoisotopic (exact) mass is 373 g/mol. The van der Waals surface area contributed by atoms with Gasteiger partial charge in [-0.2, -0.15) is 0 Å². The smallest absolute Gasteiger partial charge is 0.244 e. The summed E-state index contributed by atoms with van der Waals surface area (Å²) in [5.74, 6) is -0.0105. The fourth-order valence-corrected chi connectivity index (χ4v) is 4.97. The topological polar surface area (TPSA) is 92.5 Å². The number of carbonyl (C=O) groups is 1. The van der Waals surface area contributed by atoms with Crippen LogP contribution in [0.4, 0.5) is 11.4 Å². The minimum Gasteiger partial charge on any atom is -0.324 e. The van der Waals surface area contributed by atoms with E-state index < -0.39 is 15.6 Å². The van der Waals surface area contributed by atoms with Gasteiger partial charge in [0.1, 0.15) is 0 Å². The van der Waals surface area contributed by atoms with Crippen molar-refractivity contribution in [1.29, 1.82) is 0 Å². The van der Waals surface area contributed by atoms with Gasteiger partial charge in [0, 0.05) is 12.2 Å². The van der Waals surface area contributed by atoms with Crippen molar-refractivity contribution in [2.45, 2.75) is 44.6 Å². The van der Waals surface area contributed by atoms with Crippen molar-refractivity contribution in [2.75, 3.05) is 21.9 Å². The minimum atomic E-state index is -3.24. The first-order valence-electron chi connectivity index (χ1n) is 8.03. The van der Waals surface area contributed by atoms with Crippen LogP contribution in [0, 0.1) is 6.92 Å². The molecule has 8 heteroatoms. The number of nitrogens with two attached hydrogens (primary N) is 1. The second-order valence-corrected chi connectivity index (χ2v) is 8.57. The van der Waals surface area contributed by atoms with E-state index in [1.54, 1.807) is 12.1 Å². The zero-order chi connectivity index (χ0) is 16.7. The molecule has 134 valence electrons. The van der Waals surface area contributed by atoms with E-state index in [1.165, 1.54) is 4.31 Å². The molecule has 3 rings (SSSR count). The average Bonchev–Trinajstić information content (AvgIpc) is 3.07. The highest BCUT2D eigenvalue weighted by atomic mass is 35.5. The number of rotatable bonds is 3. The summed E-state index contributed by atoms with van der Waals surface area (Å²) in [4.78, 5) is 12.4. The van der Waals surface area contributed by atoms with Gasteiger partial charge in [-0.25, -0.2) is 8.42 Å². The molecule has 0 atom stereocenters. The number of amides is 1. The fourth-order valence-electron chi connectivity index (χ4n) is 3.35. The normalized spacial score (nSPS) is 21.3. The van der Waals surface area contributed by atoms with Gasteiger partial charge in [-0.15, -0.1) is 12.4 Å². The Bertz CT molecular complexity index is 730. The molecule has 1 amide bonds. The van der Waals surface area contributed by atoms with Crippen LogP contribution in [0.3, 0.4) is 0 Å². The number of aryl methyl sites for hydroxylation is 1. The molecule has 2 fully saturated rings. The maximum atomic E-state index is 12.4. The summed E-state index contributed by atoms with van der Waals surface area (Å²) in [5.41, 5.74) is 7.47. The van der Waals surface area contributed by atoms with Crippen molar-refractivity contribution < 1.29 is 13.2 Å². The van der Waals surface area contributed by atoms with Crippen LogP contribution in [0.15, 0.2) is 18.2 Å². The van der Waals surface area contributed by atoms with Gasteiger partial charge in [0.15, 0.2) is 0 Å². The molecule has 0 radical (unpaired) electrons. The van der Waals surface area contributed by atoms with Crippen LogP contribution in [0.2, 0.25) is 0 Å². The molecule has 1 saturated carbocycles. The van der Waals surface area contributed by atoms with Crippen LogP contribution in [-0.2, 0) is 14.8 Å². The van der Waals surface area contributed by atoms with Crippen molar-refractivity contribution in [1.82, 2.24) is 0 Å². The van der Waals surface area contributed by atoms with E-state index in [9.17, 15) is 13.2 Å². The molecular formula is C16H24ClN3O3S. The Kier molecular flexibility index (Phi) is 5.47. The van der Waals surface area contributed by atoms with E-state index in [4.69, 9.17) is 5.73 Å². The van der Waals surface area contributed by atoms with Gasteiger partial charge < -0.3 is 11.1 Å². The van der Waals surface area contributed by atoms with E-state index in [1.807, 2.05) is 13.0 Å². The predicted molar refractivity (Wildman–Crippen MR) is 98.2 cm³/mol. The Morgan fingerprint density at radius 2 is 1.92 bits per heavy atom. The summed E-state index contributed by atoms with van der Waals surface area (Å²) >= 11 is 0. The van der Waals surface area contributed by atoms with E-state index in [-0.39, 0.29) is 24.1 Å². The van der Waals surface area contributed by atoms with Crippen LogP contribution in [0.1, 0.15) is 37.7 Å². The lowest BCUT2D eigenvalue weighted by Crippen LogP contribution is -2.48. The van der Waals surface area contributed by atoms with E-state index in [2.05, 4.69) is 5.32 Å². The van der Waals surface area contributed by atoms with Crippen LogP contribution < -0.4 is 15.4 Å². The van der Waals surface area contributed by atoms with Gasteiger partial charge in [-0.1, -0.05) is 18.9 Å². The molecule has 0 unspecified atom stereocenters. The van der Waals surface area contributed by atoms with Crippen molar-refractivity contribution in [3.05, 3.63) is 23.8 Å². The van der Waals surface area contributed by atoms with Crippen molar-refractivity contribution in [3.8, 4) is 0 Å². The number of anilines is 2. The summed E-state index contributed by atoms with van der Waals surface area (Å²) in [5, 5.41) is 2.86. The van der Waals surface area contributed by atoms with Crippen LogP contribution in [-0.4, -0.2) is 32.2 Å². The summed E-state index contributed by atoms with van der Waals surface area (Å²) in [6.07, 6.45) is 3.95. The van der Waals surface area contributed by atoms with Crippen molar-refractivity contribution >= 4 is 39.7 Å². The lowest BCUT2D eigenvalue weighted by molar-refractivity contribution is -0.121. The Morgan fingerprint density at radius 1 is 1.25 bits per heavy atom. The van der Waals surface area contributed by atoms with E-state index in [0.29, 0.717) is 37.2 Å². The Labute approximate surface area is 149 Å². The predicted octanol–water partition coefficient (Wildman–Crippen LogP) is 2.17. The number of carbonyl (C=O) groups excluding carboxylic acids is 1. The molecular weight excluding hydrogens is 350 g/mol. The third-order valence-electron chi connectivity index (χ3n) is 4.78. The number of hydrogen-bond acceptors (Lipinski definition) is 4. The van der Waals surface area contributed by atoms with Crippen molar-refractivity contribution in [2.24, 2.45) is 5.73 Å². The lowest BCUT2D eigenvalue weighted by atomic mass is 9.98. The zero-order valence-electron chi connectivity index (χ0n) is 13.7. The zero-order valence-corrected chi connectivity index (χ0v) is 15.4. The van der Waals surface area contributed by atoms with Gasteiger partial charge in [-0.3, -0.25) is 9.10 Å². The third kappa shape index (κ3) is 3.53. The lowest BCUT2D eigenvalue weighted by Gasteiger charge is -2.24. The maximum absolute atomic E-state index is 12.4. The second-order valence-electron chi connectivity index (χ2n) is 6.56. The first-order chi connectivity index (χ1) is 10.8. The Morgan fingerprint density at radius 3 is 2.50 bits per heavy atom. The number of nitrogens with zero attached hydrogens (tertiary/aromatic N) is 1. The van der Waals surface area contributed by atoms with Gasteiger partial charge >= 0.3 is 0 Å². The fraction of sp³-hybridized carbons (Fsp3) is 0.562. The highest BCUT2D eigenvalue weighted by Crippen LogP contribution is 2.32. The molecule has 1 saturated heterocycles. The molecule has 0 spiro atoms. The van der Waals surface area contributed by atoms with Gasteiger partial charge in [0.2, 0.25) is 15.9 Å². The van der Waals surface area contributed by atoms with E-state index in [0.717, 1.165) is 18.4 Å². The summed E-state index contributed by atoms with van der Waals surface area (Å²) in [7, 11) is -3.24. The largest absolute Gasteiger partial charge is 0.324 e. The SMILES string of the molecule is Cc1ccc(NC(=O)C2(N)CCCC2)cc1N1CCCS1(=O)=O.Cl. The van der Waals surface area contributed by atoms with Gasteiger partial charge in [0.05, 0.1) is 17.0 Å². The molecule has 1 aromatic rings. The standard InChI is InChI=1S/C16H23N3O3S.ClH/c1-12-5-6-13(18-15(20)16(17)7-2-3-8-16)11-14(12)19-9-4-10-23(19,21)22;/h5-6,11H,2-4,7-10,17H2,1H3,(H,18,20);1H. The molecule has 24 heavy (non-hydrogen) atoms. The number of benzene rings is 1. The molecule has 1 heterocycles. The first-order valence-corrected chi connectivity index (χ1v) is 9.64. The highest BCUT2D eigenvalue weighted by Gasteiger charge is 2.37. The van der Waals surface area contributed by atoms with Gasteiger partial charge in [0.25, 0.3) is 0 Å². The summed E-state index contributed by atoms with van der Waals surface area (Å²) in [6.45, 7) is 2.36. The molecule has 2 aliphatic rings. The molecule has 1 aromatic carbocycles. The average molecular weight is 374 g/mol. The third-order valence-corrected chi connectivity index (χ3v) is 6.64. The van der Waals surface area contributed by atoms with E-state index >= 15 is 0 Å². The number of nitrogens with one attached hydrogen (secondary N) is 1. The number of hydrogen-bond donors (Lipinski definition) is 2. The minimum absolute atomic E-state index is 0. The maximum Gasteiger partial charge on any atom is 0.244 e. The summed E-state index contributed by atoms with van der Waals surface area (Å²) in [6, 6.07) is 5.35. The number of halogens is 1. The first kappa shape index (κ1) is 19.0. The van der Waals surface area contributed by atoms with Crippen LogP contribution in [0.5, 0.6) is 0 Å². The van der Waals surface area contributed by atoms with Gasteiger partial charge in [-0.05, 0) is 43.9 Å². The quantitative estimate of drug-likeness (QED) is 0.849. The van der Waals surface area contributed by atoms with Crippen LogP contribution >= 0.6 is 12.4 Å². The molecule has 6 nitrogen and oxygen atoms in total. The highest BCUT2D eigenvalue weighted by molar-refractivity contribution is 7.93.